The molecule has 0 unspecified atom stereocenters. The first-order valence-electron chi connectivity index (χ1n) is 47.2. The third-order valence-corrected chi connectivity index (χ3v) is 26.8. The molecule has 4 aliphatic heterocycles. The molecule has 33 heteroatoms. The number of nitrogens with two attached hydrogens (primary N) is 1. The summed E-state index contributed by atoms with van der Waals surface area (Å²) in [4.78, 5) is 97.9. The molecule has 4 N–H and O–H groups in total. The number of aryl methyl sites for hydroxylation is 1. The first-order chi connectivity index (χ1) is 66.2. The van der Waals surface area contributed by atoms with Crippen molar-refractivity contribution in [3.8, 4) is 41.0 Å². The van der Waals surface area contributed by atoms with Crippen molar-refractivity contribution in [1.82, 2.24) is 39.9 Å². The van der Waals surface area contributed by atoms with E-state index in [1.807, 2.05) is 97.1 Å². The van der Waals surface area contributed by atoms with Gasteiger partial charge < -0.3 is 73.4 Å². The molecule has 20 rings (SSSR count). The second-order valence-electron chi connectivity index (χ2n) is 35.2. The van der Waals surface area contributed by atoms with Crippen LogP contribution in [0.5, 0.6) is 41.0 Å². The molecule has 32 nitrogen and oxygen atoms in total. The number of anilines is 5. The van der Waals surface area contributed by atoms with Gasteiger partial charge in [0, 0.05) is 110 Å². The number of aliphatic hydroxyl groups excluding tert-OH is 1. The quantitative estimate of drug-likeness (QED) is 0.00910. The van der Waals surface area contributed by atoms with E-state index in [9.17, 15) is 34.6 Å². The van der Waals surface area contributed by atoms with Crippen molar-refractivity contribution in [2.24, 2.45) is 0 Å². The lowest BCUT2D eigenvalue weighted by atomic mass is 9.88. The fourth-order valence-corrected chi connectivity index (χ4v) is 18.4. The number of rotatable bonds is 25. The van der Waals surface area contributed by atoms with Gasteiger partial charge in [0.1, 0.15) is 64.6 Å². The molecular formula is C103H118ClN15O17. The topological polar surface area (TPSA) is 394 Å². The number of carbonyl (C=O) groups excluding carboxylic acids is 2. The maximum atomic E-state index is 11.4. The van der Waals surface area contributed by atoms with Crippen LogP contribution in [0.25, 0.3) is 43.6 Å². The zero-order chi connectivity index (χ0) is 95.1. The summed E-state index contributed by atoms with van der Waals surface area (Å²) in [7, 11) is 6.87. The number of carboxylic acid groups (broad SMARTS) is 1. The summed E-state index contributed by atoms with van der Waals surface area (Å²) in [5.41, 5.74) is 15.8. The summed E-state index contributed by atoms with van der Waals surface area (Å²) in [6.07, 6.45) is 22.5. The van der Waals surface area contributed by atoms with Crippen molar-refractivity contribution in [2.75, 3.05) is 113 Å². The Bertz CT molecular complexity index is 6130. The minimum Gasteiger partial charge on any atom is -0.496 e. The predicted octanol–water partition coefficient (Wildman–Crippen LogP) is 19.2. The van der Waals surface area contributed by atoms with Crippen molar-refractivity contribution in [1.29, 1.82) is 0 Å². The highest BCUT2D eigenvalue weighted by molar-refractivity contribution is 6.29. The van der Waals surface area contributed by atoms with E-state index in [-0.39, 0.29) is 65.3 Å². The summed E-state index contributed by atoms with van der Waals surface area (Å²) in [6.45, 7) is 8.62. The molecular weight excluding hydrogens is 1750 g/mol. The molecule has 0 spiro atoms. The number of aldehydes is 1. The summed E-state index contributed by atoms with van der Waals surface area (Å²) < 4.78 is 44.5. The van der Waals surface area contributed by atoms with Gasteiger partial charge in [0.2, 0.25) is 11.6 Å². The maximum Gasteiger partial charge on any atom is 0.371 e. The smallest absolute Gasteiger partial charge is 0.371 e. The number of esters is 1. The number of halogens is 1. The number of ether oxygens (including phenoxy) is 8. The Morgan fingerprint density at radius 3 is 1.03 bits per heavy atom. The second kappa shape index (κ2) is 46.6. The summed E-state index contributed by atoms with van der Waals surface area (Å²) in [5.74, 6) is 7.07. The number of nitro benzene ring substituents is 2. The normalized spacial score (nSPS) is 16.6. The molecule has 0 bridgehead atoms. The highest BCUT2D eigenvalue weighted by atomic mass is 35.5. The number of piperidine rings is 4. The van der Waals surface area contributed by atoms with E-state index < -0.39 is 16.9 Å². The van der Waals surface area contributed by atoms with Gasteiger partial charge in [-0.25, -0.2) is 9.78 Å². The van der Waals surface area contributed by atoms with Crippen LogP contribution in [0.1, 0.15) is 193 Å². The number of aromatic nitrogens is 8. The summed E-state index contributed by atoms with van der Waals surface area (Å²) >= 11 is 6.11. The highest BCUT2D eigenvalue weighted by Crippen LogP contribution is 2.45. The van der Waals surface area contributed by atoms with Gasteiger partial charge in [-0.1, -0.05) is 78.9 Å². The number of fused-ring (bicyclic) bond motifs is 4. The molecule has 12 aromatic rings. The van der Waals surface area contributed by atoms with E-state index in [4.69, 9.17) is 75.7 Å². The summed E-state index contributed by atoms with van der Waals surface area (Å²) in [5, 5.41) is 43.5. The minimum absolute atomic E-state index is 0.0172. The largest absolute Gasteiger partial charge is 0.496 e. The van der Waals surface area contributed by atoms with Crippen LogP contribution in [0.2, 0.25) is 5.28 Å². The Hall–Kier alpha value is -13.6. The summed E-state index contributed by atoms with van der Waals surface area (Å²) in [6, 6.07) is 55.3. The Kier molecular flexibility index (Phi) is 33.2. The molecule has 8 aliphatic rings. The molecule has 0 atom stereocenters. The molecule has 0 radical (unpaired) electrons. The Morgan fingerprint density at radius 2 is 0.735 bits per heavy atom. The van der Waals surface area contributed by atoms with Crippen LogP contribution in [0.15, 0.2) is 170 Å². The lowest BCUT2D eigenvalue weighted by Gasteiger charge is -2.34. The number of nitrogens with zero attached hydrogens (tertiary/aromatic N) is 14. The number of para-hydroxylation sites is 4. The molecule has 0 amide bonds. The van der Waals surface area contributed by atoms with Crippen LogP contribution >= 0.6 is 11.6 Å². The van der Waals surface area contributed by atoms with Crippen molar-refractivity contribution < 1.29 is 72.3 Å². The lowest BCUT2D eigenvalue weighted by Crippen LogP contribution is -2.34. The monoisotopic (exact) mass is 1870 g/mol. The van der Waals surface area contributed by atoms with Crippen LogP contribution in [0, 0.1) is 20.2 Å². The van der Waals surface area contributed by atoms with Gasteiger partial charge in [-0.2, -0.15) is 34.9 Å². The van der Waals surface area contributed by atoms with Crippen LogP contribution in [-0.2, 0) is 25.5 Å². The predicted molar refractivity (Wildman–Crippen MR) is 523 cm³/mol. The zero-order valence-corrected chi connectivity index (χ0v) is 78.3. The maximum absolute atomic E-state index is 11.4. The zero-order valence-electron chi connectivity index (χ0n) is 77.5. The van der Waals surface area contributed by atoms with Gasteiger partial charge in [-0.05, 0) is 272 Å². The van der Waals surface area contributed by atoms with Gasteiger partial charge in [-0.15, -0.1) is 0 Å². The first-order valence-corrected chi connectivity index (χ1v) is 47.6. The van der Waals surface area contributed by atoms with Gasteiger partial charge >= 0.3 is 30.0 Å². The third-order valence-electron chi connectivity index (χ3n) is 26.6. The highest BCUT2D eigenvalue weighted by Gasteiger charge is 2.34. The molecule has 4 aliphatic carbocycles. The standard InChI is InChI=1S/C27H31N3O4.C24H26N4O4.C24H28N4O2.C20H19ClN4O3.C4H6O3.C4H8O/c1-33-24-8-3-2-7-21(24)19-13-15-30(16-14-19)26-22-17-18(10-12-25(31)32)9-11-23(22)28-27(29-26)34-20-5-4-6-20;1-31-22-8-3-2-7-19(22)16-11-13-27(14-12-16)23-20-15-17(28(29)30)9-10-21(20)25-24(26-23)32-18-5-4-6-18;1-29-22-8-3-2-7-19(22)16-11-13-28(14-12-16)23-20-15-17(25)9-10-21(20)26-24(27-23)30-18-5-4-6-18;1-28-18-5-3-2-4-15(18)13-8-10-24(11-9-13)19-16-12-14(25(26)27)6-7-17(16)22-20(21)23-19;1-2-7-4(6)3-5;5-4-2-1-3-4/h2-3,7-9,11,17,19-20H,4-6,10,12-16H2,1H3,(H,31,32);2-3,7-10,15-16,18H,4-6,11-14H2,1H3;2-3,7-10,15-16,18H,4-6,11-14,25H2,1H3;2-7,12-13H,8-11H2,1H3;3H,2H2,1H3;4-5H,1-3H2. The molecule has 8 fully saturated rings. The number of hydrogen-bond donors (Lipinski definition) is 3. The van der Waals surface area contributed by atoms with Crippen molar-refractivity contribution in [3.05, 3.63) is 223 Å². The number of carbonyl (C=O) groups is 3. The molecule has 8 heterocycles. The van der Waals surface area contributed by atoms with Crippen LogP contribution in [0.4, 0.5) is 40.3 Å². The van der Waals surface area contributed by atoms with Crippen molar-refractivity contribution >= 4 is 114 Å². The average molecular weight is 1870 g/mol. The van der Waals surface area contributed by atoms with E-state index in [2.05, 4.69) is 85.7 Å². The van der Waals surface area contributed by atoms with Crippen molar-refractivity contribution in [3.63, 3.8) is 0 Å². The molecule has 714 valence electrons. The number of aliphatic hydroxyl groups is 1. The minimum atomic E-state index is -0.803. The lowest BCUT2D eigenvalue weighted by molar-refractivity contribution is -0.384. The van der Waals surface area contributed by atoms with E-state index >= 15 is 0 Å². The van der Waals surface area contributed by atoms with Gasteiger partial charge in [0.15, 0.2) is 0 Å². The van der Waals surface area contributed by atoms with Crippen molar-refractivity contribution in [2.45, 2.75) is 196 Å². The SMILES string of the molecule is CCOC(=O)C=O.COc1ccccc1C1CCN(c2nc(Cl)nc3ccc([N+](=O)[O-])cc23)CC1.COc1ccccc1C1CCN(c2nc(OC3CCC3)nc3ccc(CCC(=O)O)cc23)CC1.COc1ccccc1C1CCN(c2nc(OC3CCC3)nc3ccc(N)cc23)CC1.COc1ccccc1C1CCN(c2nc(OC3CCC3)nc3ccc([N+](=O)[O-])cc23)CC1.OC1CCC1. The Labute approximate surface area is 794 Å². The van der Waals surface area contributed by atoms with Crippen LogP contribution in [-0.4, -0.2) is 190 Å². The molecule has 4 saturated heterocycles. The first kappa shape index (κ1) is 96.9. The number of nitro groups is 2. The van der Waals surface area contributed by atoms with Gasteiger partial charge in [0.05, 0.1) is 73.1 Å². The van der Waals surface area contributed by atoms with Crippen LogP contribution in [0.3, 0.4) is 0 Å². The molecule has 4 saturated carbocycles. The average Bonchev–Trinajstić information content (AvgIpc) is 0.786. The number of nitrogen functional groups attached to an aromatic ring is 1. The number of aliphatic carboxylic acids is 1. The van der Waals surface area contributed by atoms with Gasteiger partial charge in [0.25, 0.3) is 11.4 Å². The Balaban J connectivity index is 0.000000132. The molecule has 4 aromatic heterocycles. The van der Waals surface area contributed by atoms with Crippen LogP contribution < -0.4 is 58.5 Å². The van der Waals surface area contributed by atoms with E-state index in [0.29, 0.717) is 81.6 Å². The number of methoxy groups -OCH3 is 4. The molecule has 8 aromatic carbocycles. The fourth-order valence-electron chi connectivity index (χ4n) is 18.3. The number of hydrogen-bond acceptors (Lipinski definition) is 29. The van der Waals surface area contributed by atoms with Gasteiger partial charge in [-0.3, -0.25) is 29.8 Å². The molecule has 136 heavy (non-hydrogen) atoms. The Morgan fingerprint density at radius 1 is 0.426 bits per heavy atom. The number of carboxylic acids is 1. The van der Waals surface area contributed by atoms with E-state index in [1.54, 1.807) is 53.6 Å². The third kappa shape index (κ3) is 24.5. The number of non-ortho nitro benzene ring substituents is 2. The second-order valence-corrected chi connectivity index (χ2v) is 35.6. The number of benzene rings is 8. The fraction of sp³-hybridized carbons (Fsp3) is 0.427. The van der Waals surface area contributed by atoms with E-state index in [0.717, 1.165) is 229 Å². The van der Waals surface area contributed by atoms with E-state index in [1.165, 1.54) is 59.7 Å².